The van der Waals surface area contributed by atoms with Gasteiger partial charge in [0.2, 0.25) is 0 Å². The summed E-state index contributed by atoms with van der Waals surface area (Å²) in [6.45, 7) is 0. The van der Waals surface area contributed by atoms with Crippen LogP contribution < -0.4 is 5.32 Å². The van der Waals surface area contributed by atoms with Gasteiger partial charge in [0.25, 0.3) is 5.91 Å². The number of amides is 1. The third-order valence-electron chi connectivity index (χ3n) is 1.27. The molecule has 1 amide bonds. The molecule has 4 nitrogen and oxygen atoms in total. The van der Waals surface area contributed by atoms with Crippen LogP contribution in [0, 0.1) is 0 Å². The van der Waals surface area contributed by atoms with Crippen molar-refractivity contribution in [1.82, 2.24) is 14.9 Å². The zero-order valence-electron chi connectivity index (χ0n) is 6.66. The van der Waals surface area contributed by atoms with Crippen LogP contribution in [0.2, 0.25) is 0 Å². The van der Waals surface area contributed by atoms with E-state index in [2.05, 4.69) is 10.3 Å². The van der Waals surface area contributed by atoms with E-state index in [4.69, 9.17) is 0 Å². The molecule has 0 aliphatic carbocycles. The number of nitrogens with zero attached hydrogens (tertiary/aromatic N) is 2. The zero-order chi connectivity index (χ0) is 8.27. The van der Waals surface area contributed by atoms with Gasteiger partial charge in [-0.25, -0.2) is 4.98 Å². The van der Waals surface area contributed by atoms with Crippen LogP contribution in [-0.2, 0) is 7.05 Å². The fourth-order valence-electron chi connectivity index (χ4n) is 0.781. The average molecular weight is 151 g/mol. The lowest BCUT2D eigenvalue weighted by atomic mass is 10.2. The first kappa shape index (κ1) is 7.85. The third kappa shape index (κ3) is 1.83. The van der Waals surface area contributed by atoms with Crippen LogP contribution in [0.4, 0.5) is 0 Å². The van der Waals surface area contributed by atoms with Crippen molar-refractivity contribution in [2.75, 3.05) is 6.44 Å². The number of carbonyl (C=O) groups is 1. The molecule has 0 bridgehead atoms. The van der Waals surface area contributed by atoms with E-state index in [1.54, 1.807) is 17.1 Å². The van der Waals surface area contributed by atoms with Crippen LogP contribution in [0.3, 0.4) is 0 Å². The van der Waals surface area contributed by atoms with Gasteiger partial charge in [0.05, 0.1) is 6.33 Å². The molecule has 0 aromatic carbocycles. The lowest BCUT2D eigenvalue weighted by Crippen LogP contribution is -2.24. The Hall–Kier alpha value is -1.26. The van der Waals surface area contributed by atoms with Crippen molar-refractivity contribution in [1.29, 1.82) is 0 Å². The van der Waals surface area contributed by atoms with Crippen molar-refractivity contribution < 1.29 is 4.79 Å². The van der Waals surface area contributed by atoms with Gasteiger partial charge in [0.1, 0.15) is 13.5 Å². The Balaban J connectivity index is 2.69. The van der Waals surface area contributed by atoms with Gasteiger partial charge in [0.15, 0.2) is 0 Å². The van der Waals surface area contributed by atoms with Gasteiger partial charge in [-0.1, -0.05) is 0 Å². The SMILES string of the molecule is BCNC(=O)c1cn(C)cn1. The molecule has 58 valence electrons. The summed E-state index contributed by atoms with van der Waals surface area (Å²) < 4.78 is 1.74. The molecule has 0 atom stereocenters. The third-order valence-corrected chi connectivity index (χ3v) is 1.27. The van der Waals surface area contributed by atoms with Gasteiger partial charge in [-0.15, -0.1) is 0 Å². The molecule has 1 aromatic heterocycles. The summed E-state index contributed by atoms with van der Waals surface area (Å²) in [6, 6.07) is 0. The van der Waals surface area contributed by atoms with E-state index in [-0.39, 0.29) is 5.91 Å². The molecular formula is C6H10BN3O. The van der Waals surface area contributed by atoms with Gasteiger partial charge in [-0.2, -0.15) is 0 Å². The number of aromatic nitrogens is 2. The summed E-state index contributed by atoms with van der Waals surface area (Å²) in [7, 11) is 3.70. The first-order valence-electron chi connectivity index (χ1n) is 3.50. The van der Waals surface area contributed by atoms with Crippen LogP contribution in [0.15, 0.2) is 12.5 Å². The lowest BCUT2D eigenvalue weighted by Gasteiger charge is -1.95. The van der Waals surface area contributed by atoms with E-state index in [9.17, 15) is 4.79 Å². The minimum atomic E-state index is -0.117. The van der Waals surface area contributed by atoms with Crippen LogP contribution in [-0.4, -0.2) is 29.7 Å². The van der Waals surface area contributed by atoms with E-state index in [0.717, 1.165) is 0 Å². The lowest BCUT2D eigenvalue weighted by molar-refractivity contribution is 0.0956. The normalized spacial score (nSPS) is 9.55. The Kier molecular flexibility index (Phi) is 2.30. The van der Waals surface area contributed by atoms with Gasteiger partial charge < -0.3 is 9.88 Å². The molecule has 0 fully saturated rings. The summed E-state index contributed by atoms with van der Waals surface area (Å²) in [5, 5.41) is 2.66. The summed E-state index contributed by atoms with van der Waals surface area (Å²) in [4.78, 5) is 15.0. The Labute approximate surface area is 66.0 Å². The highest BCUT2D eigenvalue weighted by Crippen LogP contribution is 1.92. The van der Waals surface area contributed by atoms with Crippen LogP contribution in [0.5, 0.6) is 0 Å². The van der Waals surface area contributed by atoms with Gasteiger partial charge in [-0.3, -0.25) is 4.79 Å². The van der Waals surface area contributed by atoms with Crippen molar-refractivity contribution in [2.24, 2.45) is 7.05 Å². The highest BCUT2D eigenvalue weighted by atomic mass is 16.1. The maximum absolute atomic E-state index is 11.1. The van der Waals surface area contributed by atoms with Crippen LogP contribution in [0.1, 0.15) is 10.5 Å². The largest absolute Gasteiger partial charge is 0.359 e. The fraction of sp³-hybridized carbons (Fsp3) is 0.333. The molecule has 0 aliphatic heterocycles. The molecule has 0 saturated heterocycles. The van der Waals surface area contributed by atoms with Gasteiger partial charge in [-0.05, 0) is 6.44 Å². The first-order chi connectivity index (χ1) is 5.24. The van der Waals surface area contributed by atoms with Crippen LogP contribution >= 0.6 is 0 Å². The van der Waals surface area contributed by atoms with Gasteiger partial charge in [0, 0.05) is 13.2 Å². The van der Waals surface area contributed by atoms with Crippen molar-refractivity contribution >= 4 is 13.8 Å². The fourth-order valence-corrected chi connectivity index (χ4v) is 0.781. The summed E-state index contributed by atoms with van der Waals surface area (Å²) >= 11 is 0. The molecule has 0 aliphatic rings. The molecule has 0 spiro atoms. The van der Waals surface area contributed by atoms with Crippen molar-refractivity contribution in [2.45, 2.75) is 0 Å². The number of aryl methyl sites for hydroxylation is 1. The predicted octanol–water partition coefficient (Wildman–Crippen LogP) is -1.26. The highest BCUT2D eigenvalue weighted by Gasteiger charge is 2.05. The Morgan fingerprint density at radius 1 is 1.91 bits per heavy atom. The Morgan fingerprint density at radius 2 is 2.64 bits per heavy atom. The number of nitrogens with one attached hydrogen (secondary N) is 1. The second kappa shape index (κ2) is 3.23. The molecular weight excluding hydrogens is 141 g/mol. The minimum absolute atomic E-state index is 0.117. The van der Waals surface area contributed by atoms with Crippen molar-refractivity contribution in [3.05, 3.63) is 18.2 Å². The number of hydrogen-bond acceptors (Lipinski definition) is 2. The quantitative estimate of drug-likeness (QED) is 0.536. The Morgan fingerprint density at radius 3 is 3.09 bits per heavy atom. The summed E-state index contributed by atoms with van der Waals surface area (Å²) in [5.74, 6) is -0.117. The molecule has 0 saturated carbocycles. The second-order valence-electron chi connectivity index (χ2n) is 2.28. The summed E-state index contributed by atoms with van der Waals surface area (Å²) in [5.41, 5.74) is 0.467. The predicted molar refractivity (Wildman–Crippen MR) is 44.1 cm³/mol. The molecule has 11 heavy (non-hydrogen) atoms. The molecule has 0 radical (unpaired) electrons. The van der Waals surface area contributed by atoms with Crippen molar-refractivity contribution in [3.63, 3.8) is 0 Å². The summed E-state index contributed by atoms with van der Waals surface area (Å²) in [6.07, 6.45) is 3.92. The van der Waals surface area contributed by atoms with E-state index >= 15 is 0 Å². The van der Waals surface area contributed by atoms with E-state index in [1.165, 1.54) is 0 Å². The smallest absolute Gasteiger partial charge is 0.270 e. The second-order valence-corrected chi connectivity index (χ2v) is 2.28. The standard InChI is InChI=1S/C6H10BN3O/c1-10-2-5(9-4-10)6(11)8-3-7/h2,4H,3,7H2,1H3,(H,8,11). The molecule has 1 rings (SSSR count). The highest BCUT2D eigenvalue weighted by molar-refractivity contribution is 6.10. The monoisotopic (exact) mass is 151 g/mol. The molecule has 5 heteroatoms. The first-order valence-corrected chi connectivity index (χ1v) is 3.50. The Bertz CT molecular complexity index is 258. The minimum Gasteiger partial charge on any atom is -0.359 e. The van der Waals surface area contributed by atoms with E-state index in [1.807, 2.05) is 14.9 Å². The number of rotatable bonds is 2. The molecule has 1 aromatic rings. The number of hydrogen-bond donors (Lipinski definition) is 1. The van der Waals surface area contributed by atoms with Crippen molar-refractivity contribution in [3.8, 4) is 0 Å². The zero-order valence-corrected chi connectivity index (χ0v) is 6.66. The topological polar surface area (TPSA) is 46.9 Å². The maximum atomic E-state index is 11.1. The average Bonchev–Trinajstić information content (AvgIpc) is 2.36. The molecule has 1 N–H and O–H groups in total. The maximum Gasteiger partial charge on any atom is 0.270 e. The van der Waals surface area contributed by atoms with E-state index in [0.29, 0.717) is 12.1 Å². The van der Waals surface area contributed by atoms with Gasteiger partial charge >= 0.3 is 0 Å². The van der Waals surface area contributed by atoms with Crippen LogP contribution in [0.25, 0.3) is 0 Å². The number of imidazole rings is 1. The van der Waals surface area contributed by atoms with E-state index < -0.39 is 0 Å². The molecule has 1 heterocycles. The number of carbonyl (C=O) groups excluding carboxylic acids is 1. The molecule has 0 unspecified atom stereocenters.